The molecule has 0 atom stereocenters. The molecule has 0 unspecified atom stereocenters. The lowest BCUT2D eigenvalue weighted by atomic mass is 10.2. The van der Waals surface area contributed by atoms with Crippen molar-refractivity contribution in [1.82, 2.24) is 4.31 Å². The molecule has 21 heavy (non-hydrogen) atoms. The van der Waals surface area contributed by atoms with Gasteiger partial charge in [0.15, 0.2) is 0 Å². The molecule has 0 aliphatic rings. The first-order valence-corrected chi connectivity index (χ1v) is 8.66. The summed E-state index contributed by atoms with van der Waals surface area (Å²) in [5.41, 5.74) is 0.887. The zero-order valence-corrected chi connectivity index (χ0v) is 14.0. The van der Waals surface area contributed by atoms with Crippen LogP contribution in [0.2, 0.25) is 0 Å². The molecule has 0 heterocycles. The first-order valence-electron chi connectivity index (χ1n) is 6.69. The van der Waals surface area contributed by atoms with E-state index in [9.17, 15) is 8.42 Å². The Morgan fingerprint density at radius 3 is 2.19 bits per heavy atom. The third kappa shape index (κ3) is 5.56. The summed E-state index contributed by atoms with van der Waals surface area (Å²) < 4.78 is 36.6. The first-order chi connectivity index (χ1) is 10.1. The van der Waals surface area contributed by atoms with Crippen molar-refractivity contribution in [2.75, 3.05) is 40.5 Å². The van der Waals surface area contributed by atoms with Gasteiger partial charge in [-0.3, -0.25) is 0 Å². The molecule has 0 spiro atoms. The van der Waals surface area contributed by atoms with E-state index in [1.807, 2.05) is 0 Å². The van der Waals surface area contributed by atoms with E-state index in [0.29, 0.717) is 38.6 Å². The fourth-order valence-electron chi connectivity index (χ4n) is 1.83. The summed E-state index contributed by atoms with van der Waals surface area (Å²) in [6.07, 6.45) is 0.638. The number of rotatable bonds is 10. The molecule has 1 aromatic rings. The normalized spacial score (nSPS) is 12.0. The Balaban J connectivity index is 2.89. The van der Waals surface area contributed by atoms with Gasteiger partial charge in [-0.2, -0.15) is 4.31 Å². The van der Waals surface area contributed by atoms with Crippen LogP contribution in [-0.4, -0.2) is 53.2 Å². The number of nitrogens with zero attached hydrogens (tertiary/aromatic N) is 1. The largest absolute Gasteiger partial charge is 0.385 e. The second-order valence-corrected chi connectivity index (χ2v) is 6.73. The molecular weight excluding hydrogens is 314 g/mol. The van der Waals surface area contributed by atoms with E-state index in [1.165, 1.54) is 4.31 Å². The van der Waals surface area contributed by atoms with Crippen LogP contribution in [-0.2, 0) is 25.4 Å². The molecule has 0 amide bonds. The molecule has 0 saturated carbocycles. The minimum absolute atomic E-state index is 0.268. The van der Waals surface area contributed by atoms with Crippen molar-refractivity contribution in [3.63, 3.8) is 0 Å². The fraction of sp³-hybridized carbons (Fsp3) is 0.571. The highest BCUT2D eigenvalue weighted by Crippen LogP contribution is 2.17. The topological polar surface area (TPSA) is 55.8 Å². The average molecular weight is 336 g/mol. The van der Waals surface area contributed by atoms with Crippen molar-refractivity contribution in [2.45, 2.75) is 17.2 Å². The number of alkyl halides is 1. The van der Waals surface area contributed by atoms with Gasteiger partial charge < -0.3 is 9.47 Å². The van der Waals surface area contributed by atoms with E-state index in [-0.39, 0.29) is 4.90 Å². The summed E-state index contributed by atoms with van der Waals surface area (Å²) in [4.78, 5) is 0.268. The van der Waals surface area contributed by atoms with Crippen LogP contribution in [0.5, 0.6) is 0 Å². The summed E-state index contributed by atoms with van der Waals surface area (Å²) in [6.45, 7) is 1.59. The van der Waals surface area contributed by atoms with Crippen LogP contribution >= 0.6 is 11.6 Å². The molecule has 120 valence electrons. The number of methoxy groups -OCH3 is 2. The minimum atomic E-state index is -3.52. The third-order valence-corrected chi connectivity index (χ3v) is 5.24. The molecular formula is C14H22ClNO4S. The van der Waals surface area contributed by atoms with Crippen molar-refractivity contribution >= 4 is 21.6 Å². The van der Waals surface area contributed by atoms with Gasteiger partial charge in [-0.05, 0) is 24.1 Å². The van der Waals surface area contributed by atoms with E-state index < -0.39 is 10.0 Å². The van der Waals surface area contributed by atoms with Gasteiger partial charge in [0.05, 0.1) is 11.5 Å². The zero-order chi connectivity index (χ0) is 15.7. The quantitative estimate of drug-likeness (QED) is 0.485. The zero-order valence-electron chi connectivity index (χ0n) is 12.4. The van der Waals surface area contributed by atoms with Gasteiger partial charge in [0.2, 0.25) is 10.0 Å². The summed E-state index contributed by atoms with van der Waals surface area (Å²) >= 11 is 5.72. The second-order valence-electron chi connectivity index (χ2n) is 4.52. The lowest BCUT2D eigenvalue weighted by molar-refractivity contribution is 0.164. The molecule has 0 aliphatic carbocycles. The van der Waals surface area contributed by atoms with Crippen LogP contribution in [0.15, 0.2) is 29.2 Å². The molecule has 0 fully saturated rings. The number of halogens is 1. The number of hydrogen-bond acceptors (Lipinski definition) is 4. The Kier molecular flexibility index (Phi) is 8.21. The SMILES string of the molecule is COCCCN(CCOC)S(=O)(=O)c1ccc(CCl)cc1. The molecule has 0 saturated heterocycles. The van der Waals surface area contributed by atoms with E-state index >= 15 is 0 Å². The van der Waals surface area contributed by atoms with Gasteiger partial charge in [-0.15, -0.1) is 11.6 Å². The number of hydrogen-bond donors (Lipinski definition) is 0. The maximum atomic E-state index is 12.6. The van der Waals surface area contributed by atoms with Crippen LogP contribution in [0.3, 0.4) is 0 Å². The van der Waals surface area contributed by atoms with Gasteiger partial charge in [-0.1, -0.05) is 12.1 Å². The molecule has 0 aliphatic heterocycles. The highest BCUT2D eigenvalue weighted by atomic mass is 35.5. The Hall–Kier alpha value is -0.660. The molecule has 0 radical (unpaired) electrons. The Morgan fingerprint density at radius 2 is 1.67 bits per heavy atom. The molecule has 5 nitrogen and oxygen atoms in total. The second kappa shape index (κ2) is 9.38. The summed E-state index contributed by atoms with van der Waals surface area (Å²) in [6, 6.07) is 6.62. The van der Waals surface area contributed by atoms with Crippen molar-refractivity contribution in [3.05, 3.63) is 29.8 Å². The van der Waals surface area contributed by atoms with E-state index in [4.69, 9.17) is 21.1 Å². The monoisotopic (exact) mass is 335 g/mol. The summed E-state index contributed by atoms with van der Waals surface area (Å²) in [7, 11) is -0.377. The number of ether oxygens (including phenoxy) is 2. The van der Waals surface area contributed by atoms with Gasteiger partial charge >= 0.3 is 0 Å². The van der Waals surface area contributed by atoms with E-state index in [2.05, 4.69) is 0 Å². The maximum absolute atomic E-state index is 12.6. The summed E-state index contributed by atoms with van der Waals surface area (Å²) in [5.74, 6) is 0.363. The van der Waals surface area contributed by atoms with Crippen molar-refractivity contribution in [2.24, 2.45) is 0 Å². The van der Waals surface area contributed by atoms with E-state index in [0.717, 1.165) is 5.56 Å². The lowest BCUT2D eigenvalue weighted by Gasteiger charge is -2.22. The highest BCUT2D eigenvalue weighted by molar-refractivity contribution is 7.89. The predicted octanol–water partition coefficient (Wildman–Crippen LogP) is 2.10. The van der Waals surface area contributed by atoms with Crippen molar-refractivity contribution in [1.29, 1.82) is 0 Å². The van der Waals surface area contributed by atoms with Gasteiger partial charge in [-0.25, -0.2) is 8.42 Å². The van der Waals surface area contributed by atoms with Crippen molar-refractivity contribution in [3.8, 4) is 0 Å². The smallest absolute Gasteiger partial charge is 0.243 e. The van der Waals surface area contributed by atoms with Gasteiger partial charge in [0.25, 0.3) is 0 Å². The average Bonchev–Trinajstić information content (AvgIpc) is 2.50. The first kappa shape index (κ1) is 18.4. The standard InChI is InChI=1S/C14H22ClNO4S/c1-19-10-3-8-16(9-11-20-2)21(17,18)14-6-4-13(12-15)5-7-14/h4-7H,3,8-12H2,1-2H3. The molecule has 0 aromatic heterocycles. The predicted molar refractivity (Wildman–Crippen MR) is 83.1 cm³/mol. The van der Waals surface area contributed by atoms with Crippen molar-refractivity contribution < 1.29 is 17.9 Å². The fourth-order valence-corrected chi connectivity index (χ4v) is 3.47. The van der Waals surface area contributed by atoms with Crippen LogP contribution in [0.25, 0.3) is 0 Å². The number of benzene rings is 1. The third-order valence-electron chi connectivity index (χ3n) is 3.02. The minimum Gasteiger partial charge on any atom is -0.385 e. The Morgan fingerprint density at radius 1 is 1.05 bits per heavy atom. The molecule has 0 bridgehead atoms. The lowest BCUT2D eigenvalue weighted by Crippen LogP contribution is -2.35. The highest BCUT2D eigenvalue weighted by Gasteiger charge is 2.23. The Bertz CT molecular complexity index is 504. The summed E-state index contributed by atoms with van der Waals surface area (Å²) in [5, 5.41) is 0. The number of sulfonamides is 1. The van der Waals surface area contributed by atoms with Crippen LogP contribution in [0, 0.1) is 0 Å². The molecule has 1 aromatic carbocycles. The van der Waals surface area contributed by atoms with E-state index in [1.54, 1.807) is 38.5 Å². The van der Waals surface area contributed by atoms with Crippen LogP contribution in [0.1, 0.15) is 12.0 Å². The van der Waals surface area contributed by atoms with Crippen LogP contribution < -0.4 is 0 Å². The maximum Gasteiger partial charge on any atom is 0.243 e. The van der Waals surface area contributed by atoms with Gasteiger partial charge in [0, 0.05) is 39.8 Å². The van der Waals surface area contributed by atoms with Gasteiger partial charge in [0.1, 0.15) is 0 Å². The molecule has 1 rings (SSSR count). The van der Waals surface area contributed by atoms with Crippen LogP contribution in [0.4, 0.5) is 0 Å². The Labute approximate surface area is 131 Å². The molecule has 7 heteroatoms. The molecule has 0 N–H and O–H groups in total.